The fraction of sp³-hybridized carbons (Fsp3) is 0.222. The first-order valence-corrected chi connectivity index (χ1v) is 11.7. The largest absolute Gasteiger partial charge is 0.420 e. The molecule has 0 fully saturated rings. The molecule has 0 saturated carbocycles. The highest BCUT2D eigenvalue weighted by Crippen LogP contribution is 2.39. The van der Waals surface area contributed by atoms with E-state index < -0.39 is 27.5 Å². The van der Waals surface area contributed by atoms with Crippen molar-refractivity contribution in [1.29, 1.82) is 0 Å². The zero-order valence-electron chi connectivity index (χ0n) is 15.6. The summed E-state index contributed by atoms with van der Waals surface area (Å²) in [6, 6.07) is 4.66. The fourth-order valence-electron chi connectivity index (χ4n) is 3.15. The lowest BCUT2D eigenvalue weighted by molar-refractivity contribution is -0.137. The SMILES string of the molecule is NS(=O)(=O)c1csc(-c2nc(Nc3cc4c(cc3Cl)CNCC4)ncc2C(F)(F)F)c1. The van der Waals surface area contributed by atoms with E-state index in [0.29, 0.717) is 23.5 Å². The average molecular weight is 490 g/mol. The van der Waals surface area contributed by atoms with Crippen LogP contribution in [0.4, 0.5) is 24.8 Å². The number of hydrogen-bond donors (Lipinski definition) is 3. The molecule has 0 spiro atoms. The monoisotopic (exact) mass is 489 g/mol. The number of nitrogens with one attached hydrogen (secondary N) is 2. The maximum atomic E-state index is 13.5. The number of aromatic nitrogens is 2. The third kappa shape index (κ3) is 4.67. The number of primary sulfonamides is 1. The van der Waals surface area contributed by atoms with Crippen LogP contribution >= 0.6 is 22.9 Å². The molecule has 0 unspecified atom stereocenters. The molecule has 3 heterocycles. The lowest BCUT2D eigenvalue weighted by Gasteiger charge is -2.19. The molecule has 1 aliphatic rings. The number of anilines is 2. The van der Waals surface area contributed by atoms with Crippen molar-refractivity contribution < 1.29 is 21.6 Å². The van der Waals surface area contributed by atoms with Gasteiger partial charge in [-0.2, -0.15) is 13.2 Å². The van der Waals surface area contributed by atoms with Gasteiger partial charge in [-0.3, -0.25) is 0 Å². The number of fused-ring (bicyclic) bond motifs is 1. The Balaban J connectivity index is 1.75. The van der Waals surface area contributed by atoms with Gasteiger partial charge in [0, 0.05) is 18.1 Å². The molecule has 1 aromatic carbocycles. The Kier molecular flexibility index (Phi) is 5.68. The highest BCUT2D eigenvalue weighted by molar-refractivity contribution is 7.89. The first kappa shape index (κ1) is 22.0. The summed E-state index contributed by atoms with van der Waals surface area (Å²) in [5, 5.41) is 12.7. The summed E-state index contributed by atoms with van der Waals surface area (Å²) < 4.78 is 63.6. The van der Waals surface area contributed by atoms with Crippen molar-refractivity contribution in [2.24, 2.45) is 5.14 Å². The van der Waals surface area contributed by atoms with Gasteiger partial charge in [0.15, 0.2) is 0 Å². The standard InChI is InChI=1S/C18H15ClF3N5O2S2/c19-13-3-10-6-24-2-1-9(10)4-14(13)26-17-25-7-12(18(20,21)22)16(27-17)15-5-11(8-30-15)31(23,28)29/h3-5,7-8,24H,1-2,6H2,(H2,23,28,29)(H,25,26,27). The van der Waals surface area contributed by atoms with Crippen LogP contribution in [0.25, 0.3) is 10.6 Å². The van der Waals surface area contributed by atoms with Crippen LogP contribution in [0, 0.1) is 0 Å². The minimum Gasteiger partial charge on any atom is -0.323 e. The molecule has 0 radical (unpaired) electrons. The van der Waals surface area contributed by atoms with Gasteiger partial charge in [0.05, 0.1) is 26.2 Å². The van der Waals surface area contributed by atoms with E-state index in [1.165, 1.54) is 0 Å². The predicted octanol–water partition coefficient (Wildman–Crippen LogP) is 3.91. The van der Waals surface area contributed by atoms with E-state index in [1.54, 1.807) is 6.07 Å². The average Bonchev–Trinajstić information content (AvgIpc) is 3.18. The van der Waals surface area contributed by atoms with Crippen LogP contribution in [0.1, 0.15) is 16.7 Å². The van der Waals surface area contributed by atoms with Crippen molar-refractivity contribution in [3.63, 3.8) is 0 Å². The van der Waals surface area contributed by atoms with Crippen molar-refractivity contribution in [2.75, 3.05) is 11.9 Å². The molecule has 2 aromatic heterocycles. The number of halogens is 4. The summed E-state index contributed by atoms with van der Waals surface area (Å²) in [6.45, 7) is 1.49. The Labute approximate surface area is 184 Å². The van der Waals surface area contributed by atoms with Crippen molar-refractivity contribution in [3.8, 4) is 10.6 Å². The Morgan fingerprint density at radius 1 is 1.23 bits per heavy atom. The number of nitrogens with zero attached hydrogens (tertiary/aromatic N) is 2. The normalized spacial score (nSPS) is 14.4. The summed E-state index contributed by atoms with van der Waals surface area (Å²) in [5.41, 5.74) is 1.02. The molecule has 4 rings (SSSR count). The van der Waals surface area contributed by atoms with Crippen LogP contribution in [0.15, 0.2) is 34.7 Å². The maximum Gasteiger partial charge on any atom is 0.420 e. The van der Waals surface area contributed by atoms with Crippen molar-refractivity contribution >= 4 is 44.6 Å². The number of thiophene rings is 1. The van der Waals surface area contributed by atoms with Crippen molar-refractivity contribution in [1.82, 2.24) is 15.3 Å². The zero-order chi connectivity index (χ0) is 22.4. The number of benzene rings is 1. The molecule has 31 heavy (non-hydrogen) atoms. The van der Waals surface area contributed by atoms with Crippen LogP contribution in [-0.4, -0.2) is 24.9 Å². The second-order valence-corrected chi connectivity index (χ2v) is 9.68. The highest BCUT2D eigenvalue weighted by atomic mass is 35.5. The number of sulfonamides is 1. The van der Waals surface area contributed by atoms with Crippen molar-refractivity contribution in [3.05, 3.63) is 51.5 Å². The second kappa shape index (κ2) is 8.02. The summed E-state index contributed by atoms with van der Waals surface area (Å²) in [6.07, 6.45) is -3.31. The summed E-state index contributed by atoms with van der Waals surface area (Å²) in [4.78, 5) is 7.50. The lowest BCUT2D eigenvalue weighted by atomic mass is 10.0. The van der Waals surface area contributed by atoms with Gasteiger partial charge in [-0.25, -0.2) is 23.5 Å². The van der Waals surface area contributed by atoms with Crippen LogP contribution in [-0.2, 0) is 29.2 Å². The molecule has 13 heteroatoms. The van der Waals surface area contributed by atoms with E-state index in [0.717, 1.165) is 46.9 Å². The molecule has 1 aliphatic heterocycles. The molecule has 3 aromatic rings. The molecule has 0 saturated heterocycles. The van der Waals surface area contributed by atoms with Crippen LogP contribution in [0.5, 0.6) is 0 Å². The Morgan fingerprint density at radius 3 is 2.68 bits per heavy atom. The number of nitrogens with two attached hydrogens (primary N) is 1. The van der Waals surface area contributed by atoms with Crippen molar-refractivity contribution in [2.45, 2.75) is 24.0 Å². The molecular weight excluding hydrogens is 475 g/mol. The summed E-state index contributed by atoms with van der Waals surface area (Å²) in [5.74, 6) is -0.107. The second-order valence-electron chi connectivity index (χ2n) is 6.80. The van der Waals surface area contributed by atoms with Crippen LogP contribution in [0.3, 0.4) is 0 Å². The number of alkyl halides is 3. The molecule has 0 amide bonds. The minimum absolute atomic E-state index is 0.00980. The van der Waals surface area contributed by atoms with E-state index in [9.17, 15) is 21.6 Å². The molecule has 0 atom stereocenters. The maximum absolute atomic E-state index is 13.5. The minimum atomic E-state index is -4.74. The third-order valence-corrected chi connectivity index (χ3v) is 6.95. The Bertz CT molecular complexity index is 1260. The molecule has 164 valence electrons. The smallest absolute Gasteiger partial charge is 0.323 e. The van der Waals surface area contributed by atoms with E-state index in [4.69, 9.17) is 16.7 Å². The van der Waals surface area contributed by atoms with Crippen LogP contribution < -0.4 is 15.8 Å². The molecule has 0 aliphatic carbocycles. The van der Waals surface area contributed by atoms with E-state index in [-0.39, 0.29) is 15.7 Å². The van der Waals surface area contributed by atoms with Crippen LogP contribution in [0.2, 0.25) is 5.02 Å². The molecule has 4 N–H and O–H groups in total. The number of rotatable bonds is 4. The van der Waals surface area contributed by atoms with E-state index in [1.807, 2.05) is 6.07 Å². The molecule has 0 bridgehead atoms. The quantitative estimate of drug-likeness (QED) is 0.512. The van der Waals surface area contributed by atoms with Gasteiger partial charge in [-0.1, -0.05) is 11.6 Å². The van der Waals surface area contributed by atoms with Gasteiger partial charge < -0.3 is 10.6 Å². The van der Waals surface area contributed by atoms with E-state index >= 15 is 0 Å². The van der Waals surface area contributed by atoms with Gasteiger partial charge in [-0.05, 0) is 42.3 Å². The van der Waals surface area contributed by atoms with Gasteiger partial charge >= 0.3 is 6.18 Å². The highest BCUT2D eigenvalue weighted by Gasteiger charge is 2.36. The zero-order valence-corrected chi connectivity index (χ0v) is 18.0. The lowest BCUT2D eigenvalue weighted by Crippen LogP contribution is -2.23. The van der Waals surface area contributed by atoms with Gasteiger partial charge in [0.1, 0.15) is 5.56 Å². The van der Waals surface area contributed by atoms with Gasteiger partial charge in [-0.15, -0.1) is 11.3 Å². The Morgan fingerprint density at radius 2 is 2.00 bits per heavy atom. The number of hydrogen-bond acceptors (Lipinski definition) is 7. The van der Waals surface area contributed by atoms with Gasteiger partial charge in [0.25, 0.3) is 0 Å². The third-order valence-electron chi connectivity index (χ3n) is 4.65. The Hall–Kier alpha value is -2.25. The summed E-state index contributed by atoms with van der Waals surface area (Å²) in [7, 11) is -4.06. The molecular formula is C18H15ClF3N5O2S2. The first-order chi connectivity index (χ1) is 14.5. The fourth-order valence-corrected chi connectivity index (χ4v) is 5.19. The molecule has 7 nitrogen and oxygen atoms in total. The van der Waals surface area contributed by atoms with E-state index in [2.05, 4.69) is 20.6 Å². The van der Waals surface area contributed by atoms with Gasteiger partial charge in [0.2, 0.25) is 16.0 Å². The predicted molar refractivity (Wildman–Crippen MR) is 112 cm³/mol. The topological polar surface area (TPSA) is 110 Å². The first-order valence-electron chi connectivity index (χ1n) is 8.87. The summed E-state index contributed by atoms with van der Waals surface area (Å²) >= 11 is 7.11.